The second kappa shape index (κ2) is 4.78. The van der Waals surface area contributed by atoms with Crippen molar-refractivity contribution in [3.63, 3.8) is 0 Å². The van der Waals surface area contributed by atoms with Gasteiger partial charge in [0.05, 0.1) is 16.1 Å². The fraction of sp³-hybridized carbons (Fsp3) is 0.462. The van der Waals surface area contributed by atoms with E-state index < -0.39 is 0 Å². The summed E-state index contributed by atoms with van der Waals surface area (Å²) in [5.41, 5.74) is 1.55. The normalized spacial score (nSPS) is 20.4. The average Bonchev–Trinajstić information content (AvgIpc) is 2.69. The quantitative estimate of drug-likeness (QED) is 0.874. The second-order valence-corrected chi connectivity index (χ2v) is 5.23. The summed E-state index contributed by atoms with van der Waals surface area (Å²) in [5, 5.41) is 4.08. The van der Waals surface area contributed by atoms with Crippen LogP contribution in [0.25, 0.3) is 11.0 Å². The monoisotopic (exact) mass is 265 g/mol. The standard InChI is InChI=1S/C13H16ClN3O/c14-10-5-3-6-11-12(10)17(13(18)16-11)8-9-4-1-2-7-15-9/h3,5-6,9,15H,1-2,4,7-8H2,(H,16,18). The van der Waals surface area contributed by atoms with Gasteiger partial charge < -0.3 is 10.3 Å². The molecule has 5 heteroatoms. The number of halogens is 1. The molecule has 1 aromatic heterocycles. The molecular weight excluding hydrogens is 250 g/mol. The number of nitrogens with zero attached hydrogens (tertiary/aromatic N) is 1. The van der Waals surface area contributed by atoms with Crippen LogP contribution in [0, 0.1) is 0 Å². The van der Waals surface area contributed by atoms with E-state index in [2.05, 4.69) is 10.3 Å². The Labute approximate surface area is 110 Å². The van der Waals surface area contributed by atoms with Crippen molar-refractivity contribution in [2.75, 3.05) is 6.54 Å². The van der Waals surface area contributed by atoms with E-state index in [4.69, 9.17) is 11.6 Å². The number of aromatic amines is 1. The minimum Gasteiger partial charge on any atom is -0.312 e. The molecule has 2 N–H and O–H groups in total. The number of para-hydroxylation sites is 1. The molecule has 0 amide bonds. The van der Waals surface area contributed by atoms with E-state index >= 15 is 0 Å². The molecule has 4 nitrogen and oxygen atoms in total. The van der Waals surface area contributed by atoms with Crippen molar-refractivity contribution >= 4 is 22.6 Å². The van der Waals surface area contributed by atoms with E-state index in [1.54, 1.807) is 4.57 Å². The predicted molar refractivity (Wildman–Crippen MR) is 73.2 cm³/mol. The molecule has 18 heavy (non-hydrogen) atoms. The topological polar surface area (TPSA) is 49.8 Å². The van der Waals surface area contributed by atoms with Gasteiger partial charge >= 0.3 is 5.69 Å². The number of benzene rings is 1. The van der Waals surface area contributed by atoms with E-state index in [1.807, 2.05) is 18.2 Å². The summed E-state index contributed by atoms with van der Waals surface area (Å²) in [5.74, 6) is 0. The lowest BCUT2D eigenvalue weighted by molar-refractivity contribution is 0.363. The highest BCUT2D eigenvalue weighted by atomic mass is 35.5. The number of nitrogens with one attached hydrogen (secondary N) is 2. The third kappa shape index (κ3) is 2.06. The predicted octanol–water partition coefficient (Wildman–Crippen LogP) is 2.13. The fourth-order valence-electron chi connectivity index (χ4n) is 2.65. The van der Waals surface area contributed by atoms with Gasteiger partial charge in [0, 0.05) is 12.6 Å². The van der Waals surface area contributed by atoms with Gasteiger partial charge in [-0.25, -0.2) is 4.79 Å². The SMILES string of the molecule is O=c1[nH]c2cccc(Cl)c2n1CC1CCCCN1. The number of aromatic nitrogens is 2. The minimum absolute atomic E-state index is 0.0783. The molecule has 1 aliphatic heterocycles. The highest BCUT2D eigenvalue weighted by Gasteiger charge is 2.17. The maximum atomic E-state index is 12.0. The second-order valence-electron chi connectivity index (χ2n) is 4.82. The number of fused-ring (bicyclic) bond motifs is 1. The summed E-state index contributed by atoms with van der Waals surface area (Å²) >= 11 is 6.19. The van der Waals surface area contributed by atoms with Gasteiger partial charge in [0.15, 0.2) is 0 Å². The molecule has 0 saturated carbocycles. The van der Waals surface area contributed by atoms with Crippen LogP contribution in [0.15, 0.2) is 23.0 Å². The molecule has 0 radical (unpaired) electrons. The molecule has 0 aliphatic carbocycles. The smallest absolute Gasteiger partial charge is 0.312 e. The molecule has 1 saturated heterocycles. The molecule has 1 aliphatic rings. The van der Waals surface area contributed by atoms with Crippen LogP contribution in [0.2, 0.25) is 5.02 Å². The summed E-state index contributed by atoms with van der Waals surface area (Å²) in [4.78, 5) is 14.8. The molecule has 2 heterocycles. The zero-order valence-electron chi connectivity index (χ0n) is 10.1. The molecule has 0 spiro atoms. The van der Waals surface area contributed by atoms with Crippen molar-refractivity contribution in [3.8, 4) is 0 Å². The molecular formula is C13H16ClN3O. The Morgan fingerprint density at radius 1 is 1.39 bits per heavy atom. The molecule has 1 fully saturated rings. The number of rotatable bonds is 2. The molecule has 1 aromatic carbocycles. The first-order chi connectivity index (χ1) is 8.75. The Morgan fingerprint density at radius 2 is 2.28 bits per heavy atom. The zero-order valence-corrected chi connectivity index (χ0v) is 10.8. The van der Waals surface area contributed by atoms with E-state index in [9.17, 15) is 4.79 Å². The van der Waals surface area contributed by atoms with Gasteiger partial charge in [-0.05, 0) is 31.5 Å². The first-order valence-electron chi connectivity index (χ1n) is 6.36. The summed E-state index contributed by atoms with van der Waals surface area (Å²) in [6.07, 6.45) is 3.56. The van der Waals surface area contributed by atoms with Gasteiger partial charge in [-0.15, -0.1) is 0 Å². The third-order valence-electron chi connectivity index (χ3n) is 3.56. The van der Waals surface area contributed by atoms with Gasteiger partial charge in [0.25, 0.3) is 0 Å². The van der Waals surface area contributed by atoms with Crippen LogP contribution in [0.3, 0.4) is 0 Å². The number of H-pyrrole nitrogens is 1. The van der Waals surface area contributed by atoms with E-state index in [-0.39, 0.29) is 5.69 Å². The van der Waals surface area contributed by atoms with Crippen molar-refractivity contribution < 1.29 is 0 Å². The summed E-state index contributed by atoms with van der Waals surface area (Å²) in [6, 6.07) is 5.92. The van der Waals surface area contributed by atoms with Gasteiger partial charge in [0.2, 0.25) is 0 Å². The minimum atomic E-state index is -0.0783. The van der Waals surface area contributed by atoms with Crippen molar-refractivity contribution in [1.29, 1.82) is 0 Å². The molecule has 3 rings (SSSR count). The summed E-state index contributed by atoms with van der Waals surface area (Å²) in [6.45, 7) is 1.72. The number of hydrogen-bond donors (Lipinski definition) is 2. The van der Waals surface area contributed by atoms with Gasteiger partial charge in [0.1, 0.15) is 0 Å². The molecule has 2 aromatic rings. The highest BCUT2D eigenvalue weighted by Crippen LogP contribution is 2.21. The van der Waals surface area contributed by atoms with Crippen molar-refractivity contribution in [3.05, 3.63) is 33.7 Å². The lowest BCUT2D eigenvalue weighted by Gasteiger charge is -2.23. The summed E-state index contributed by atoms with van der Waals surface area (Å²) < 4.78 is 1.75. The Bertz CT molecular complexity index is 610. The van der Waals surface area contributed by atoms with Crippen molar-refractivity contribution in [2.45, 2.75) is 31.8 Å². The Morgan fingerprint density at radius 3 is 3.06 bits per heavy atom. The van der Waals surface area contributed by atoms with Crippen LogP contribution in [-0.4, -0.2) is 22.1 Å². The van der Waals surface area contributed by atoms with Crippen LogP contribution >= 0.6 is 11.6 Å². The van der Waals surface area contributed by atoms with Crippen LogP contribution < -0.4 is 11.0 Å². The van der Waals surface area contributed by atoms with E-state index in [0.29, 0.717) is 17.6 Å². The van der Waals surface area contributed by atoms with Gasteiger partial charge in [-0.2, -0.15) is 0 Å². The molecule has 1 unspecified atom stereocenters. The first-order valence-corrected chi connectivity index (χ1v) is 6.74. The number of piperidine rings is 1. The first kappa shape index (κ1) is 11.8. The van der Waals surface area contributed by atoms with Crippen molar-refractivity contribution in [1.82, 2.24) is 14.9 Å². The molecule has 96 valence electrons. The maximum Gasteiger partial charge on any atom is 0.326 e. The van der Waals surface area contributed by atoms with Gasteiger partial charge in [-0.1, -0.05) is 24.1 Å². The molecule has 0 bridgehead atoms. The van der Waals surface area contributed by atoms with Crippen LogP contribution in [0.4, 0.5) is 0 Å². The third-order valence-corrected chi connectivity index (χ3v) is 3.86. The van der Waals surface area contributed by atoms with E-state index in [1.165, 1.54) is 12.8 Å². The van der Waals surface area contributed by atoms with Gasteiger partial charge in [-0.3, -0.25) is 4.57 Å². The number of hydrogen-bond acceptors (Lipinski definition) is 2. The van der Waals surface area contributed by atoms with Crippen LogP contribution in [0.1, 0.15) is 19.3 Å². The Hall–Kier alpha value is -1.26. The average molecular weight is 266 g/mol. The highest BCUT2D eigenvalue weighted by molar-refractivity contribution is 6.34. The number of imidazole rings is 1. The zero-order chi connectivity index (χ0) is 12.5. The Balaban J connectivity index is 2.00. The largest absolute Gasteiger partial charge is 0.326 e. The van der Waals surface area contributed by atoms with E-state index in [0.717, 1.165) is 24.0 Å². The fourth-order valence-corrected chi connectivity index (χ4v) is 2.93. The van der Waals surface area contributed by atoms with Crippen molar-refractivity contribution in [2.24, 2.45) is 0 Å². The van der Waals surface area contributed by atoms with Crippen LogP contribution in [-0.2, 0) is 6.54 Å². The maximum absolute atomic E-state index is 12.0. The summed E-state index contributed by atoms with van der Waals surface area (Å²) in [7, 11) is 0. The Kier molecular flexibility index (Phi) is 3.14. The lowest BCUT2D eigenvalue weighted by Crippen LogP contribution is -2.39. The molecule has 1 atom stereocenters. The lowest BCUT2D eigenvalue weighted by atomic mass is 10.1. The van der Waals surface area contributed by atoms with Crippen LogP contribution in [0.5, 0.6) is 0 Å².